The Morgan fingerprint density at radius 2 is 1.86 bits per heavy atom. The minimum absolute atomic E-state index is 0.0247. The smallest absolute Gasteiger partial charge is 0.281 e. The zero-order valence-corrected chi connectivity index (χ0v) is 20.3. The quantitative estimate of drug-likeness (QED) is 0.552. The van der Waals surface area contributed by atoms with Crippen molar-refractivity contribution < 1.29 is 4.79 Å². The van der Waals surface area contributed by atoms with Gasteiger partial charge in [0.25, 0.3) is 5.56 Å². The van der Waals surface area contributed by atoms with Crippen molar-refractivity contribution in [2.75, 3.05) is 42.9 Å². The Hall–Kier alpha value is -3.40. The lowest BCUT2D eigenvalue weighted by Crippen LogP contribution is -2.44. The minimum atomic E-state index is -0.195. The Labute approximate surface area is 204 Å². The van der Waals surface area contributed by atoms with Crippen LogP contribution in [0.4, 0.5) is 11.9 Å². The fourth-order valence-corrected chi connectivity index (χ4v) is 5.06. The summed E-state index contributed by atoms with van der Waals surface area (Å²) >= 11 is 0. The van der Waals surface area contributed by atoms with Gasteiger partial charge in [0.05, 0.1) is 13.1 Å². The summed E-state index contributed by atoms with van der Waals surface area (Å²) < 4.78 is 3.43. The number of nitrogens with one attached hydrogen (secondary N) is 1. The van der Waals surface area contributed by atoms with Gasteiger partial charge in [-0.15, -0.1) is 0 Å². The number of aromatic nitrogens is 4. The average molecular weight is 479 g/mol. The van der Waals surface area contributed by atoms with Gasteiger partial charge in [-0.3, -0.25) is 18.7 Å². The maximum Gasteiger partial charge on any atom is 0.281 e. The average Bonchev–Trinajstić information content (AvgIpc) is 3.24. The summed E-state index contributed by atoms with van der Waals surface area (Å²) in [6, 6.07) is 10.1. The Morgan fingerprint density at radius 1 is 1.09 bits per heavy atom. The van der Waals surface area contributed by atoms with E-state index in [0.29, 0.717) is 36.2 Å². The van der Waals surface area contributed by atoms with Crippen molar-refractivity contribution in [3.63, 3.8) is 0 Å². The second-order valence-electron chi connectivity index (χ2n) is 9.60. The Balaban J connectivity index is 1.50. The van der Waals surface area contributed by atoms with Crippen LogP contribution in [-0.2, 0) is 18.4 Å². The number of fused-ring (bicyclic) bond motifs is 1. The Morgan fingerprint density at radius 3 is 2.60 bits per heavy atom. The molecule has 0 aliphatic carbocycles. The van der Waals surface area contributed by atoms with Crippen LogP contribution >= 0.6 is 0 Å². The van der Waals surface area contributed by atoms with E-state index in [1.54, 1.807) is 7.05 Å². The molecule has 2 aliphatic rings. The Kier molecular flexibility index (Phi) is 6.72. The number of anilines is 2. The third-order valence-corrected chi connectivity index (χ3v) is 7.00. The third kappa shape index (κ3) is 4.88. The lowest BCUT2D eigenvalue weighted by Gasteiger charge is -2.31. The first-order valence-electron chi connectivity index (χ1n) is 12.5. The van der Waals surface area contributed by atoms with E-state index in [9.17, 15) is 9.59 Å². The van der Waals surface area contributed by atoms with Gasteiger partial charge in [-0.25, -0.2) is 0 Å². The molecule has 1 unspecified atom stereocenters. The van der Waals surface area contributed by atoms with Gasteiger partial charge in [0.15, 0.2) is 11.2 Å². The van der Waals surface area contributed by atoms with Crippen LogP contribution in [0.5, 0.6) is 0 Å². The normalized spacial score (nSPS) is 18.7. The number of rotatable bonds is 6. The summed E-state index contributed by atoms with van der Waals surface area (Å²) in [5, 5.41) is 3.09. The number of hydrogen-bond donors (Lipinski definition) is 2. The van der Waals surface area contributed by atoms with Crippen LogP contribution in [0.25, 0.3) is 11.2 Å². The number of nitrogens with two attached hydrogens (primary N) is 1. The molecule has 5 rings (SSSR count). The molecule has 0 saturated carbocycles. The van der Waals surface area contributed by atoms with E-state index in [1.807, 2.05) is 39.8 Å². The number of hydrogen-bond acceptors (Lipinski definition) is 7. The van der Waals surface area contributed by atoms with Gasteiger partial charge >= 0.3 is 0 Å². The molecular weight excluding hydrogens is 444 g/mol. The molecule has 10 heteroatoms. The summed E-state index contributed by atoms with van der Waals surface area (Å²) in [5.41, 5.74) is 7.98. The molecule has 10 nitrogen and oxygen atoms in total. The molecule has 0 radical (unpaired) electrons. The number of benzene rings is 1. The molecule has 186 valence electrons. The van der Waals surface area contributed by atoms with E-state index >= 15 is 0 Å². The van der Waals surface area contributed by atoms with Gasteiger partial charge in [0, 0.05) is 39.3 Å². The van der Waals surface area contributed by atoms with E-state index in [-0.39, 0.29) is 24.1 Å². The SMILES string of the molecule is Cn1c(NCC(=O)N2CCCCC2)nc2nc(N3CCCC(N)C3)n(Cc3ccccc3)c2c1=O. The molecule has 3 N–H and O–H groups in total. The first-order chi connectivity index (χ1) is 17.0. The van der Waals surface area contributed by atoms with Crippen molar-refractivity contribution in [2.45, 2.75) is 44.7 Å². The van der Waals surface area contributed by atoms with Crippen LogP contribution in [0.1, 0.15) is 37.7 Å². The number of imidazole rings is 1. The molecule has 2 aromatic heterocycles. The monoisotopic (exact) mass is 478 g/mol. The summed E-state index contributed by atoms with van der Waals surface area (Å²) in [6.07, 6.45) is 5.20. The molecule has 2 aliphatic heterocycles. The van der Waals surface area contributed by atoms with E-state index in [0.717, 1.165) is 50.9 Å². The third-order valence-electron chi connectivity index (χ3n) is 7.00. The van der Waals surface area contributed by atoms with Crippen molar-refractivity contribution in [1.82, 2.24) is 24.0 Å². The second kappa shape index (κ2) is 10.1. The fraction of sp³-hybridized carbons (Fsp3) is 0.520. The summed E-state index contributed by atoms with van der Waals surface area (Å²) in [5.74, 6) is 1.08. The van der Waals surface area contributed by atoms with Gasteiger partial charge in [-0.05, 0) is 37.7 Å². The highest BCUT2D eigenvalue weighted by Crippen LogP contribution is 2.24. The van der Waals surface area contributed by atoms with Crippen LogP contribution in [-0.4, -0.2) is 68.7 Å². The van der Waals surface area contributed by atoms with Gasteiger partial charge in [0.2, 0.25) is 17.8 Å². The van der Waals surface area contributed by atoms with E-state index < -0.39 is 0 Å². The van der Waals surface area contributed by atoms with Crippen molar-refractivity contribution >= 4 is 29.0 Å². The summed E-state index contributed by atoms with van der Waals surface area (Å²) in [6.45, 7) is 3.71. The first-order valence-corrected chi connectivity index (χ1v) is 12.5. The highest BCUT2D eigenvalue weighted by Gasteiger charge is 2.26. The molecule has 0 bridgehead atoms. The second-order valence-corrected chi connectivity index (χ2v) is 9.60. The maximum absolute atomic E-state index is 13.6. The molecule has 1 aromatic carbocycles. The molecule has 2 saturated heterocycles. The summed E-state index contributed by atoms with van der Waals surface area (Å²) in [4.78, 5) is 39.7. The molecular formula is C25H34N8O2. The molecule has 1 atom stereocenters. The minimum Gasteiger partial charge on any atom is -0.346 e. The summed E-state index contributed by atoms with van der Waals surface area (Å²) in [7, 11) is 1.68. The Bertz CT molecular complexity index is 1250. The predicted octanol–water partition coefficient (Wildman–Crippen LogP) is 1.53. The zero-order chi connectivity index (χ0) is 24.4. The first kappa shape index (κ1) is 23.3. The lowest BCUT2D eigenvalue weighted by atomic mass is 10.1. The molecule has 4 heterocycles. The molecule has 2 fully saturated rings. The van der Waals surface area contributed by atoms with Gasteiger partial charge in [-0.1, -0.05) is 30.3 Å². The maximum atomic E-state index is 13.6. The standard InChI is InChI=1S/C25H34N8O2/c1-30-23(35)21-22(28-24(30)27-15-20(34)31-12-6-3-7-13-31)29-25(32-14-8-11-19(26)17-32)33(21)16-18-9-4-2-5-10-18/h2,4-5,9-10,19H,3,6-8,11-17,26H2,1H3,(H,27,28). The van der Waals surface area contributed by atoms with Crippen LogP contribution in [0.15, 0.2) is 35.1 Å². The number of piperidine rings is 2. The number of nitrogens with zero attached hydrogens (tertiary/aromatic N) is 6. The van der Waals surface area contributed by atoms with E-state index in [2.05, 4.69) is 15.2 Å². The van der Waals surface area contributed by atoms with Crippen molar-refractivity contribution in [1.29, 1.82) is 0 Å². The van der Waals surface area contributed by atoms with E-state index in [1.165, 1.54) is 11.0 Å². The van der Waals surface area contributed by atoms with Gasteiger partial charge in [-0.2, -0.15) is 9.97 Å². The molecule has 3 aromatic rings. The zero-order valence-electron chi connectivity index (χ0n) is 20.3. The number of amides is 1. The molecule has 35 heavy (non-hydrogen) atoms. The fourth-order valence-electron chi connectivity index (χ4n) is 5.06. The lowest BCUT2D eigenvalue weighted by molar-refractivity contribution is -0.130. The van der Waals surface area contributed by atoms with Gasteiger partial charge in [0.1, 0.15) is 0 Å². The topological polar surface area (TPSA) is 114 Å². The molecule has 0 spiro atoms. The van der Waals surface area contributed by atoms with Crippen LogP contribution in [0.2, 0.25) is 0 Å². The number of carbonyl (C=O) groups excluding carboxylic acids is 1. The van der Waals surface area contributed by atoms with Crippen LogP contribution in [0, 0.1) is 0 Å². The predicted molar refractivity (Wildman–Crippen MR) is 137 cm³/mol. The molecule has 1 amide bonds. The largest absolute Gasteiger partial charge is 0.346 e. The highest BCUT2D eigenvalue weighted by atomic mass is 16.2. The van der Waals surface area contributed by atoms with Crippen LogP contribution in [0.3, 0.4) is 0 Å². The van der Waals surface area contributed by atoms with Crippen LogP contribution < -0.4 is 21.5 Å². The highest BCUT2D eigenvalue weighted by molar-refractivity contribution is 5.81. The number of likely N-dealkylation sites (tertiary alicyclic amines) is 1. The number of carbonyl (C=O) groups is 1. The van der Waals surface area contributed by atoms with Crippen molar-refractivity contribution in [2.24, 2.45) is 12.8 Å². The van der Waals surface area contributed by atoms with Crippen molar-refractivity contribution in [3.05, 3.63) is 46.2 Å². The van der Waals surface area contributed by atoms with Gasteiger partial charge < -0.3 is 20.9 Å². The van der Waals surface area contributed by atoms with Crippen molar-refractivity contribution in [3.8, 4) is 0 Å². The van der Waals surface area contributed by atoms with E-state index in [4.69, 9.17) is 10.7 Å².